The first-order valence-electron chi connectivity index (χ1n) is 4.72. The highest BCUT2D eigenvalue weighted by molar-refractivity contribution is 6.30. The summed E-state index contributed by atoms with van der Waals surface area (Å²) in [6.45, 7) is 5.88. The number of nitrogens with two attached hydrogens (primary N) is 1. The monoisotopic (exact) mass is 213 g/mol. The molecule has 2 nitrogen and oxygen atoms in total. The van der Waals surface area contributed by atoms with E-state index in [-0.39, 0.29) is 12.1 Å². The average molecular weight is 214 g/mol. The minimum atomic E-state index is -0.0407. The van der Waals surface area contributed by atoms with Crippen molar-refractivity contribution in [3.05, 3.63) is 28.8 Å². The number of rotatable bonds is 3. The highest BCUT2D eigenvalue weighted by Crippen LogP contribution is 2.28. The molecule has 0 aliphatic carbocycles. The molecule has 2 N–H and O–H groups in total. The Morgan fingerprint density at radius 3 is 2.43 bits per heavy atom. The van der Waals surface area contributed by atoms with E-state index in [1.165, 1.54) is 0 Å². The third-order valence-corrected chi connectivity index (χ3v) is 2.06. The van der Waals surface area contributed by atoms with E-state index in [1.807, 2.05) is 32.9 Å². The molecule has 0 unspecified atom stereocenters. The Kier molecular flexibility index (Phi) is 3.78. The molecule has 14 heavy (non-hydrogen) atoms. The van der Waals surface area contributed by atoms with E-state index in [0.29, 0.717) is 5.02 Å². The second kappa shape index (κ2) is 4.67. The molecule has 1 rings (SSSR count). The molecule has 3 heteroatoms. The molecule has 0 radical (unpaired) electrons. The molecular weight excluding hydrogens is 198 g/mol. The maximum atomic E-state index is 5.88. The van der Waals surface area contributed by atoms with Gasteiger partial charge in [0.05, 0.1) is 6.10 Å². The lowest BCUT2D eigenvalue weighted by Gasteiger charge is -2.16. The Bertz CT molecular complexity index is 310. The Labute approximate surface area is 90.0 Å². The van der Waals surface area contributed by atoms with Gasteiger partial charge in [-0.3, -0.25) is 0 Å². The fourth-order valence-electron chi connectivity index (χ4n) is 1.24. The Hall–Kier alpha value is -0.730. The zero-order chi connectivity index (χ0) is 10.7. The quantitative estimate of drug-likeness (QED) is 0.837. The normalized spacial score (nSPS) is 13.0. The molecular formula is C11H16ClNO. The van der Waals surface area contributed by atoms with Crippen LogP contribution in [0.2, 0.25) is 5.02 Å². The van der Waals surface area contributed by atoms with Gasteiger partial charge in [0.2, 0.25) is 0 Å². The summed E-state index contributed by atoms with van der Waals surface area (Å²) >= 11 is 5.88. The molecule has 0 aromatic heterocycles. The Morgan fingerprint density at radius 1 is 1.29 bits per heavy atom. The summed E-state index contributed by atoms with van der Waals surface area (Å²) in [6, 6.07) is 5.50. The van der Waals surface area contributed by atoms with Crippen molar-refractivity contribution >= 4 is 11.6 Å². The molecule has 0 aliphatic rings. The number of halogens is 1. The van der Waals surface area contributed by atoms with Gasteiger partial charge >= 0.3 is 0 Å². The van der Waals surface area contributed by atoms with Crippen LogP contribution in [-0.4, -0.2) is 6.10 Å². The van der Waals surface area contributed by atoms with Crippen molar-refractivity contribution in [2.45, 2.75) is 32.9 Å². The number of hydrogen-bond acceptors (Lipinski definition) is 2. The largest absolute Gasteiger partial charge is 0.491 e. The summed E-state index contributed by atoms with van der Waals surface area (Å²) < 4.78 is 5.62. The average Bonchev–Trinajstić information content (AvgIpc) is 2.01. The number of benzene rings is 1. The molecule has 1 atom stereocenters. The molecule has 1 aromatic rings. The fraction of sp³-hybridized carbons (Fsp3) is 0.455. The lowest BCUT2D eigenvalue weighted by atomic mass is 10.1. The lowest BCUT2D eigenvalue weighted by Crippen LogP contribution is -2.11. The van der Waals surface area contributed by atoms with Crippen LogP contribution in [0.15, 0.2) is 18.2 Å². The SMILES string of the molecule is CC(C)Oc1cc(Cl)ccc1[C@@H](C)N. The van der Waals surface area contributed by atoms with Crippen LogP contribution in [0.4, 0.5) is 0 Å². The van der Waals surface area contributed by atoms with Crippen LogP contribution in [0.25, 0.3) is 0 Å². The van der Waals surface area contributed by atoms with Gasteiger partial charge in [-0.15, -0.1) is 0 Å². The number of hydrogen-bond donors (Lipinski definition) is 1. The summed E-state index contributed by atoms with van der Waals surface area (Å²) in [6.07, 6.45) is 0.131. The molecule has 0 heterocycles. The van der Waals surface area contributed by atoms with Crippen molar-refractivity contribution < 1.29 is 4.74 Å². The first-order chi connectivity index (χ1) is 6.50. The smallest absolute Gasteiger partial charge is 0.125 e. The van der Waals surface area contributed by atoms with Gasteiger partial charge in [0, 0.05) is 16.6 Å². The van der Waals surface area contributed by atoms with Crippen molar-refractivity contribution in [3.8, 4) is 5.75 Å². The van der Waals surface area contributed by atoms with E-state index in [4.69, 9.17) is 22.1 Å². The van der Waals surface area contributed by atoms with E-state index < -0.39 is 0 Å². The van der Waals surface area contributed by atoms with Gasteiger partial charge in [-0.1, -0.05) is 17.7 Å². The first-order valence-corrected chi connectivity index (χ1v) is 5.10. The predicted molar refractivity (Wildman–Crippen MR) is 59.8 cm³/mol. The summed E-state index contributed by atoms with van der Waals surface area (Å²) in [5, 5.41) is 0.671. The summed E-state index contributed by atoms with van der Waals surface area (Å²) in [5.41, 5.74) is 6.81. The van der Waals surface area contributed by atoms with Gasteiger partial charge in [0.25, 0.3) is 0 Å². The van der Waals surface area contributed by atoms with Gasteiger partial charge < -0.3 is 10.5 Å². The molecule has 78 valence electrons. The van der Waals surface area contributed by atoms with Crippen LogP contribution in [0.1, 0.15) is 32.4 Å². The standard InChI is InChI=1S/C11H16ClNO/c1-7(2)14-11-6-9(12)4-5-10(11)8(3)13/h4-8H,13H2,1-3H3/t8-/m1/s1. The third-order valence-electron chi connectivity index (χ3n) is 1.83. The van der Waals surface area contributed by atoms with Crippen LogP contribution < -0.4 is 10.5 Å². The van der Waals surface area contributed by atoms with Crippen LogP contribution in [-0.2, 0) is 0 Å². The van der Waals surface area contributed by atoms with Crippen molar-refractivity contribution in [1.29, 1.82) is 0 Å². The van der Waals surface area contributed by atoms with Gasteiger partial charge in [0.15, 0.2) is 0 Å². The molecule has 0 spiro atoms. The summed E-state index contributed by atoms with van der Waals surface area (Å²) in [7, 11) is 0. The minimum absolute atomic E-state index is 0.0407. The van der Waals surface area contributed by atoms with Crippen LogP contribution in [0.3, 0.4) is 0 Å². The molecule has 0 saturated carbocycles. The lowest BCUT2D eigenvalue weighted by molar-refractivity contribution is 0.239. The Morgan fingerprint density at radius 2 is 1.93 bits per heavy atom. The Balaban J connectivity index is 3.03. The van der Waals surface area contributed by atoms with Crippen molar-refractivity contribution in [2.75, 3.05) is 0 Å². The third kappa shape index (κ3) is 2.89. The predicted octanol–water partition coefficient (Wildman–Crippen LogP) is 3.15. The van der Waals surface area contributed by atoms with E-state index in [2.05, 4.69) is 0 Å². The van der Waals surface area contributed by atoms with Crippen LogP contribution in [0, 0.1) is 0 Å². The van der Waals surface area contributed by atoms with E-state index in [1.54, 1.807) is 6.07 Å². The zero-order valence-corrected chi connectivity index (χ0v) is 9.51. The molecule has 0 saturated heterocycles. The van der Waals surface area contributed by atoms with Crippen LogP contribution >= 0.6 is 11.6 Å². The molecule has 0 amide bonds. The summed E-state index contributed by atoms with van der Waals surface area (Å²) in [4.78, 5) is 0. The number of ether oxygens (including phenoxy) is 1. The van der Waals surface area contributed by atoms with E-state index >= 15 is 0 Å². The molecule has 0 fully saturated rings. The zero-order valence-electron chi connectivity index (χ0n) is 8.75. The van der Waals surface area contributed by atoms with E-state index in [0.717, 1.165) is 11.3 Å². The fourth-order valence-corrected chi connectivity index (χ4v) is 1.40. The van der Waals surface area contributed by atoms with Crippen molar-refractivity contribution in [2.24, 2.45) is 5.73 Å². The first kappa shape index (κ1) is 11.3. The second-order valence-corrected chi connectivity index (χ2v) is 4.07. The van der Waals surface area contributed by atoms with Crippen molar-refractivity contribution in [3.63, 3.8) is 0 Å². The van der Waals surface area contributed by atoms with Gasteiger partial charge in [0.1, 0.15) is 5.75 Å². The highest BCUT2D eigenvalue weighted by Gasteiger charge is 2.09. The topological polar surface area (TPSA) is 35.2 Å². The van der Waals surface area contributed by atoms with E-state index in [9.17, 15) is 0 Å². The van der Waals surface area contributed by atoms with Gasteiger partial charge in [-0.2, -0.15) is 0 Å². The minimum Gasteiger partial charge on any atom is -0.491 e. The molecule has 1 aromatic carbocycles. The van der Waals surface area contributed by atoms with Gasteiger partial charge in [-0.05, 0) is 32.9 Å². The maximum absolute atomic E-state index is 5.88. The molecule has 0 bridgehead atoms. The maximum Gasteiger partial charge on any atom is 0.125 e. The molecule has 0 aliphatic heterocycles. The highest BCUT2D eigenvalue weighted by atomic mass is 35.5. The van der Waals surface area contributed by atoms with Gasteiger partial charge in [-0.25, -0.2) is 0 Å². The van der Waals surface area contributed by atoms with Crippen molar-refractivity contribution in [1.82, 2.24) is 0 Å². The second-order valence-electron chi connectivity index (χ2n) is 3.64. The summed E-state index contributed by atoms with van der Waals surface area (Å²) in [5.74, 6) is 0.780. The van der Waals surface area contributed by atoms with Crippen LogP contribution in [0.5, 0.6) is 5.75 Å².